The molecule has 0 saturated carbocycles. The van der Waals surface area contributed by atoms with Crippen molar-refractivity contribution in [1.82, 2.24) is 4.90 Å². The molecule has 1 atom stereocenters. The minimum absolute atomic E-state index is 0.0234. The van der Waals surface area contributed by atoms with Gasteiger partial charge in [-0.15, -0.1) is 0 Å². The Morgan fingerprint density at radius 2 is 2.35 bits per heavy atom. The minimum atomic E-state index is 0.0234. The van der Waals surface area contributed by atoms with Crippen LogP contribution in [0.1, 0.15) is 16.8 Å². The lowest BCUT2D eigenvalue weighted by molar-refractivity contribution is 0.0787. The van der Waals surface area contributed by atoms with Gasteiger partial charge >= 0.3 is 0 Å². The van der Waals surface area contributed by atoms with Crippen molar-refractivity contribution in [2.45, 2.75) is 6.42 Å². The first-order valence-electron chi connectivity index (χ1n) is 5.56. The fourth-order valence-electron chi connectivity index (χ4n) is 2.04. The van der Waals surface area contributed by atoms with E-state index in [0.717, 1.165) is 24.0 Å². The number of rotatable bonds is 2. The largest absolute Gasteiger partial charge is 0.338 e. The van der Waals surface area contributed by atoms with Crippen molar-refractivity contribution < 1.29 is 4.79 Å². The standard InChI is InChI=1S/C12H14BrClN2O/c13-11-2-1-9(14)5-10(11)12(17)16-4-3-8(6-15)7-16/h1-2,5,8H,3-4,6-7,15H2. The van der Waals surface area contributed by atoms with Crippen LogP contribution < -0.4 is 5.73 Å². The van der Waals surface area contributed by atoms with Crippen molar-refractivity contribution in [1.29, 1.82) is 0 Å². The molecule has 5 heteroatoms. The number of carbonyl (C=O) groups excluding carboxylic acids is 1. The fraction of sp³-hybridized carbons (Fsp3) is 0.417. The molecular weight excluding hydrogens is 304 g/mol. The van der Waals surface area contributed by atoms with Gasteiger partial charge in [-0.25, -0.2) is 0 Å². The van der Waals surface area contributed by atoms with Gasteiger partial charge in [0.2, 0.25) is 0 Å². The third-order valence-corrected chi connectivity index (χ3v) is 3.99. The monoisotopic (exact) mass is 316 g/mol. The first-order valence-corrected chi connectivity index (χ1v) is 6.73. The molecule has 1 saturated heterocycles. The van der Waals surface area contributed by atoms with Crippen molar-refractivity contribution in [3.8, 4) is 0 Å². The Morgan fingerprint density at radius 1 is 1.59 bits per heavy atom. The Hall–Kier alpha value is -0.580. The van der Waals surface area contributed by atoms with E-state index in [9.17, 15) is 4.79 Å². The SMILES string of the molecule is NCC1CCN(C(=O)c2cc(Cl)ccc2Br)C1. The van der Waals surface area contributed by atoms with Crippen LogP contribution in [0.3, 0.4) is 0 Å². The summed E-state index contributed by atoms with van der Waals surface area (Å²) >= 11 is 9.29. The van der Waals surface area contributed by atoms with Gasteiger partial charge in [-0.1, -0.05) is 11.6 Å². The summed E-state index contributed by atoms with van der Waals surface area (Å²) in [5.74, 6) is 0.451. The number of amides is 1. The van der Waals surface area contributed by atoms with Gasteiger partial charge in [-0.05, 0) is 53.0 Å². The highest BCUT2D eigenvalue weighted by atomic mass is 79.9. The molecule has 1 amide bonds. The van der Waals surface area contributed by atoms with E-state index in [1.807, 2.05) is 4.90 Å². The summed E-state index contributed by atoms with van der Waals surface area (Å²) in [6, 6.07) is 5.25. The molecule has 0 spiro atoms. The molecular formula is C12H14BrClN2O. The van der Waals surface area contributed by atoms with Crippen LogP contribution in [0.4, 0.5) is 0 Å². The van der Waals surface area contributed by atoms with E-state index in [1.165, 1.54) is 0 Å². The molecule has 3 nitrogen and oxygen atoms in total. The average molecular weight is 318 g/mol. The lowest BCUT2D eigenvalue weighted by Crippen LogP contribution is -2.30. The molecule has 1 fully saturated rings. The van der Waals surface area contributed by atoms with Crippen LogP contribution in [0.2, 0.25) is 5.02 Å². The highest BCUT2D eigenvalue weighted by molar-refractivity contribution is 9.10. The number of likely N-dealkylation sites (tertiary alicyclic amines) is 1. The second-order valence-corrected chi connectivity index (χ2v) is 5.56. The first kappa shape index (κ1) is 12.9. The second-order valence-electron chi connectivity index (χ2n) is 4.27. The van der Waals surface area contributed by atoms with E-state index in [0.29, 0.717) is 23.0 Å². The third-order valence-electron chi connectivity index (χ3n) is 3.07. The predicted octanol–water partition coefficient (Wildman–Crippen LogP) is 2.52. The van der Waals surface area contributed by atoms with Gasteiger partial charge in [0.05, 0.1) is 5.56 Å². The molecule has 2 N–H and O–H groups in total. The zero-order chi connectivity index (χ0) is 12.4. The molecule has 92 valence electrons. The van der Waals surface area contributed by atoms with E-state index in [-0.39, 0.29) is 5.91 Å². The minimum Gasteiger partial charge on any atom is -0.338 e. The van der Waals surface area contributed by atoms with Gasteiger partial charge in [-0.3, -0.25) is 4.79 Å². The summed E-state index contributed by atoms with van der Waals surface area (Å²) in [6.07, 6.45) is 0.987. The number of halogens is 2. The molecule has 0 bridgehead atoms. The van der Waals surface area contributed by atoms with Crippen LogP contribution in [0.25, 0.3) is 0 Å². The Kier molecular flexibility index (Phi) is 4.07. The Labute approximate surface area is 114 Å². The zero-order valence-electron chi connectivity index (χ0n) is 9.33. The van der Waals surface area contributed by atoms with Gasteiger partial charge in [0.15, 0.2) is 0 Å². The summed E-state index contributed by atoms with van der Waals surface area (Å²) in [7, 11) is 0. The number of nitrogens with zero attached hydrogens (tertiary/aromatic N) is 1. The number of nitrogens with two attached hydrogens (primary N) is 1. The number of hydrogen-bond acceptors (Lipinski definition) is 2. The molecule has 1 unspecified atom stereocenters. The van der Waals surface area contributed by atoms with Crippen LogP contribution >= 0.6 is 27.5 Å². The lowest BCUT2D eigenvalue weighted by Gasteiger charge is -2.17. The van der Waals surface area contributed by atoms with E-state index in [4.69, 9.17) is 17.3 Å². The first-order chi connectivity index (χ1) is 8.11. The smallest absolute Gasteiger partial charge is 0.255 e. The van der Waals surface area contributed by atoms with Crippen molar-refractivity contribution >= 4 is 33.4 Å². The molecule has 1 aliphatic rings. The van der Waals surface area contributed by atoms with Crippen LogP contribution in [0.15, 0.2) is 22.7 Å². The van der Waals surface area contributed by atoms with E-state index >= 15 is 0 Å². The van der Waals surface area contributed by atoms with E-state index in [1.54, 1.807) is 18.2 Å². The van der Waals surface area contributed by atoms with Crippen molar-refractivity contribution in [2.75, 3.05) is 19.6 Å². The van der Waals surface area contributed by atoms with Gasteiger partial charge in [0.1, 0.15) is 0 Å². The molecule has 0 radical (unpaired) electrons. The normalized spacial score (nSPS) is 19.7. The van der Waals surface area contributed by atoms with Gasteiger partial charge < -0.3 is 10.6 Å². The van der Waals surface area contributed by atoms with Crippen LogP contribution in [-0.4, -0.2) is 30.4 Å². The molecule has 1 aromatic rings. The van der Waals surface area contributed by atoms with E-state index < -0.39 is 0 Å². The Morgan fingerprint density at radius 3 is 3.00 bits per heavy atom. The summed E-state index contributed by atoms with van der Waals surface area (Å²) < 4.78 is 0.781. The number of benzene rings is 1. The van der Waals surface area contributed by atoms with Crippen LogP contribution in [0, 0.1) is 5.92 Å². The maximum absolute atomic E-state index is 12.3. The molecule has 2 rings (SSSR count). The summed E-state index contributed by atoms with van der Waals surface area (Å²) in [5, 5.41) is 0.575. The van der Waals surface area contributed by atoms with Crippen molar-refractivity contribution in [3.63, 3.8) is 0 Å². The average Bonchev–Trinajstić information content (AvgIpc) is 2.80. The molecule has 0 aromatic heterocycles. The summed E-state index contributed by atoms with van der Waals surface area (Å²) in [6.45, 7) is 2.16. The quantitative estimate of drug-likeness (QED) is 0.911. The summed E-state index contributed by atoms with van der Waals surface area (Å²) in [4.78, 5) is 14.1. The van der Waals surface area contributed by atoms with Gasteiger partial charge in [0, 0.05) is 22.6 Å². The molecule has 1 heterocycles. The highest BCUT2D eigenvalue weighted by Gasteiger charge is 2.27. The second kappa shape index (κ2) is 5.38. The Balaban J connectivity index is 2.17. The van der Waals surface area contributed by atoms with E-state index in [2.05, 4.69) is 15.9 Å². The molecule has 1 aliphatic heterocycles. The number of carbonyl (C=O) groups is 1. The van der Waals surface area contributed by atoms with Crippen molar-refractivity contribution in [2.24, 2.45) is 11.7 Å². The molecule has 1 aromatic carbocycles. The number of hydrogen-bond donors (Lipinski definition) is 1. The molecule has 17 heavy (non-hydrogen) atoms. The van der Waals surface area contributed by atoms with Crippen LogP contribution in [-0.2, 0) is 0 Å². The summed E-state index contributed by atoms with van der Waals surface area (Å²) in [5.41, 5.74) is 6.24. The zero-order valence-corrected chi connectivity index (χ0v) is 11.7. The topological polar surface area (TPSA) is 46.3 Å². The van der Waals surface area contributed by atoms with Gasteiger partial charge in [-0.2, -0.15) is 0 Å². The maximum Gasteiger partial charge on any atom is 0.255 e. The fourth-order valence-corrected chi connectivity index (χ4v) is 2.63. The van der Waals surface area contributed by atoms with Crippen molar-refractivity contribution in [3.05, 3.63) is 33.3 Å². The highest BCUT2D eigenvalue weighted by Crippen LogP contribution is 2.25. The molecule has 0 aliphatic carbocycles. The maximum atomic E-state index is 12.3. The van der Waals surface area contributed by atoms with Crippen LogP contribution in [0.5, 0.6) is 0 Å². The predicted molar refractivity (Wildman–Crippen MR) is 72.2 cm³/mol. The Bertz CT molecular complexity index is 439. The lowest BCUT2D eigenvalue weighted by atomic mass is 10.1. The van der Waals surface area contributed by atoms with Gasteiger partial charge in [0.25, 0.3) is 5.91 Å². The third kappa shape index (κ3) is 2.81.